The summed E-state index contributed by atoms with van der Waals surface area (Å²) in [6.45, 7) is 2.35. The zero-order chi connectivity index (χ0) is 24.6. The molecule has 1 aliphatic rings. The van der Waals surface area contributed by atoms with Crippen LogP contribution >= 0.6 is 11.6 Å². The van der Waals surface area contributed by atoms with Gasteiger partial charge in [0.05, 0.1) is 25.6 Å². The van der Waals surface area contributed by atoms with Gasteiger partial charge in [-0.1, -0.05) is 24.6 Å². The molecule has 4 N–H and O–H groups in total. The Kier molecular flexibility index (Phi) is 6.85. The van der Waals surface area contributed by atoms with Crippen LogP contribution < -0.4 is 10.5 Å². The Morgan fingerprint density at radius 3 is 2.61 bits per heavy atom. The Labute approximate surface area is 191 Å². The molecule has 0 saturated carbocycles. The summed E-state index contributed by atoms with van der Waals surface area (Å²) < 4.78 is 63.1. The van der Waals surface area contributed by atoms with Gasteiger partial charge in [-0.05, 0) is 25.1 Å². The molecule has 3 heterocycles. The van der Waals surface area contributed by atoms with E-state index in [1.807, 2.05) is 0 Å². The van der Waals surface area contributed by atoms with Crippen molar-refractivity contribution in [2.24, 2.45) is 11.7 Å². The lowest BCUT2D eigenvalue weighted by Gasteiger charge is -2.32. The lowest BCUT2D eigenvalue weighted by Crippen LogP contribution is -2.46. The van der Waals surface area contributed by atoms with Crippen molar-refractivity contribution in [3.8, 4) is 5.75 Å². The van der Waals surface area contributed by atoms with Crippen LogP contribution in [0.3, 0.4) is 0 Å². The highest BCUT2D eigenvalue weighted by Gasteiger charge is 2.61. The normalized spacial score (nSPS) is 22.7. The van der Waals surface area contributed by atoms with Gasteiger partial charge in [-0.15, -0.1) is 0 Å². The first-order chi connectivity index (χ1) is 15.4. The van der Waals surface area contributed by atoms with Gasteiger partial charge in [0.25, 0.3) is 0 Å². The molecule has 1 fully saturated rings. The molecule has 0 radical (unpaired) electrons. The summed E-state index contributed by atoms with van der Waals surface area (Å²) in [6, 6.07) is 6.00. The molecule has 4 rings (SSSR count). The maximum absolute atomic E-state index is 13.4. The molecule has 2 aromatic heterocycles. The van der Waals surface area contributed by atoms with Gasteiger partial charge in [0.2, 0.25) is 0 Å². The standard InChI is InChI=1S/C14H15ClF4O2.C7H7N5/c1-7-9(6-21-13(7,2)14(17,18)19)8-4-5-10(16)11(15)12(8)20-3;8-6(9)4-1-2-5-7(12-4)11-3-10-5/h4-5,7,9H,6H2,1-3H3;1-3H,(H3,8,9)(H,10,11,12)/t7?,9?,13-;/m1./s1. The number of ether oxygens (including phenoxy) is 2. The van der Waals surface area contributed by atoms with E-state index in [1.54, 1.807) is 18.5 Å². The summed E-state index contributed by atoms with van der Waals surface area (Å²) in [4.78, 5) is 10.9. The number of imidazole rings is 1. The molecule has 1 aliphatic heterocycles. The minimum Gasteiger partial charge on any atom is -0.495 e. The number of benzene rings is 1. The highest BCUT2D eigenvalue weighted by molar-refractivity contribution is 6.32. The van der Waals surface area contributed by atoms with Gasteiger partial charge in [-0.25, -0.2) is 14.4 Å². The number of halogens is 5. The van der Waals surface area contributed by atoms with Gasteiger partial charge in [0.1, 0.15) is 28.1 Å². The number of nitrogens with one attached hydrogen (secondary N) is 2. The number of nitrogen functional groups attached to an aromatic ring is 1. The number of hydrogen-bond acceptors (Lipinski definition) is 5. The average molecular weight is 488 g/mol. The lowest BCUT2D eigenvalue weighted by atomic mass is 9.79. The molecule has 12 heteroatoms. The number of aromatic nitrogens is 3. The van der Waals surface area contributed by atoms with Crippen molar-refractivity contribution in [1.82, 2.24) is 15.0 Å². The quantitative estimate of drug-likeness (QED) is 0.279. The predicted molar refractivity (Wildman–Crippen MR) is 115 cm³/mol. The monoisotopic (exact) mass is 487 g/mol. The fraction of sp³-hybridized carbons (Fsp3) is 0.381. The molecule has 0 amide bonds. The molecule has 3 aromatic rings. The number of amidine groups is 1. The number of alkyl halides is 3. The Morgan fingerprint density at radius 1 is 1.33 bits per heavy atom. The number of nitrogens with two attached hydrogens (primary N) is 1. The van der Waals surface area contributed by atoms with E-state index < -0.39 is 29.4 Å². The Balaban J connectivity index is 0.000000215. The largest absolute Gasteiger partial charge is 0.495 e. The Hall–Kier alpha value is -2.92. The number of H-pyrrole nitrogens is 1. The van der Waals surface area contributed by atoms with E-state index in [2.05, 4.69) is 15.0 Å². The molecule has 2 unspecified atom stereocenters. The van der Waals surface area contributed by atoms with E-state index in [0.29, 0.717) is 16.9 Å². The van der Waals surface area contributed by atoms with Gasteiger partial charge in [-0.3, -0.25) is 5.41 Å². The van der Waals surface area contributed by atoms with E-state index >= 15 is 0 Å². The molecule has 1 aromatic carbocycles. The smallest absolute Gasteiger partial charge is 0.417 e. The number of rotatable bonds is 3. The van der Waals surface area contributed by atoms with Crippen molar-refractivity contribution >= 4 is 28.6 Å². The number of pyridine rings is 1. The van der Waals surface area contributed by atoms with Gasteiger partial charge in [-0.2, -0.15) is 13.2 Å². The maximum Gasteiger partial charge on any atom is 0.417 e. The first-order valence-corrected chi connectivity index (χ1v) is 10.2. The zero-order valence-corrected chi connectivity index (χ0v) is 18.7. The molecule has 178 valence electrons. The first kappa shape index (κ1) is 24.7. The van der Waals surface area contributed by atoms with Crippen molar-refractivity contribution in [2.45, 2.75) is 31.5 Å². The molecule has 33 heavy (non-hydrogen) atoms. The predicted octanol–water partition coefficient (Wildman–Crippen LogP) is 4.80. The second kappa shape index (κ2) is 9.14. The van der Waals surface area contributed by atoms with E-state index in [1.165, 1.54) is 20.1 Å². The SMILES string of the molecule is COc1c(C2CO[C@@](C)(C(F)(F)F)C2C)ccc(F)c1Cl.N=C(N)c1ccc2[nH]cnc2n1. The van der Waals surface area contributed by atoms with Crippen molar-refractivity contribution < 1.29 is 27.0 Å². The van der Waals surface area contributed by atoms with Crippen molar-refractivity contribution in [3.63, 3.8) is 0 Å². The van der Waals surface area contributed by atoms with Crippen LogP contribution in [-0.4, -0.2) is 46.3 Å². The van der Waals surface area contributed by atoms with Crippen LogP contribution in [-0.2, 0) is 4.74 Å². The number of fused-ring (bicyclic) bond motifs is 1. The van der Waals surface area contributed by atoms with Gasteiger partial charge >= 0.3 is 6.18 Å². The van der Waals surface area contributed by atoms with E-state index in [-0.39, 0.29) is 23.2 Å². The lowest BCUT2D eigenvalue weighted by molar-refractivity contribution is -0.266. The highest BCUT2D eigenvalue weighted by Crippen LogP contribution is 2.52. The van der Waals surface area contributed by atoms with Crippen LogP contribution in [0.2, 0.25) is 5.02 Å². The highest BCUT2D eigenvalue weighted by atomic mass is 35.5. The number of methoxy groups -OCH3 is 1. The molecule has 7 nitrogen and oxygen atoms in total. The molecule has 0 bridgehead atoms. The second-order valence-electron chi connectivity index (χ2n) is 7.68. The second-order valence-corrected chi connectivity index (χ2v) is 8.06. The molecular formula is C21H22ClF4N5O2. The Morgan fingerprint density at radius 2 is 2.03 bits per heavy atom. The Bertz CT molecular complexity index is 1170. The fourth-order valence-electron chi connectivity index (χ4n) is 3.64. The van der Waals surface area contributed by atoms with Gasteiger partial charge < -0.3 is 20.2 Å². The summed E-state index contributed by atoms with van der Waals surface area (Å²) in [5.41, 5.74) is 5.32. The number of aromatic amines is 1. The van der Waals surface area contributed by atoms with Crippen LogP contribution in [0.25, 0.3) is 11.2 Å². The van der Waals surface area contributed by atoms with E-state index in [4.69, 9.17) is 32.2 Å². The summed E-state index contributed by atoms with van der Waals surface area (Å²) in [6.07, 6.45) is -2.93. The van der Waals surface area contributed by atoms with E-state index in [9.17, 15) is 17.6 Å². The van der Waals surface area contributed by atoms with Gasteiger partial charge in [0.15, 0.2) is 11.2 Å². The fourth-order valence-corrected chi connectivity index (χ4v) is 3.89. The summed E-state index contributed by atoms with van der Waals surface area (Å²) in [5.74, 6) is -2.09. The van der Waals surface area contributed by atoms with Crippen molar-refractivity contribution in [1.29, 1.82) is 5.41 Å². The molecule has 0 spiro atoms. The topological polar surface area (TPSA) is 110 Å². The van der Waals surface area contributed by atoms with Crippen LogP contribution in [0, 0.1) is 17.1 Å². The third-order valence-electron chi connectivity index (χ3n) is 5.84. The van der Waals surface area contributed by atoms with Gasteiger partial charge in [0, 0.05) is 17.4 Å². The van der Waals surface area contributed by atoms with Crippen LogP contribution in [0.4, 0.5) is 17.6 Å². The number of hydrogen-bond donors (Lipinski definition) is 3. The minimum atomic E-state index is -4.49. The molecular weight excluding hydrogens is 466 g/mol. The van der Waals surface area contributed by atoms with Crippen molar-refractivity contribution in [3.05, 3.63) is 52.7 Å². The van der Waals surface area contributed by atoms with Crippen molar-refractivity contribution in [2.75, 3.05) is 13.7 Å². The maximum atomic E-state index is 13.4. The van der Waals surface area contributed by atoms with Crippen LogP contribution in [0.5, 0.6) is 5.75 Å². The molecule has 3 atom stereocenters. The average Bonchev–Trinajstić information content (AvgIpc) is 3.35. The summed E-state index contributed by atoms with van der Waals surface area (Å²) in [7, 11) is 1.30. The third kappa shape index (κ3) is 4.60. The molecule has 0 aliphatic carbocycles. The first-order valence-electron chi connectivity index (χ1n) is 9.77. The number of nitrogens with zero attached hydrogens (tertiary/aromatic N) is 2. The minimum absolute atomic E-state index is 0.0418. The molecule has 1 saturated heterocycles. The zero-order valence-electron chi connectivity index (χ0n) is 17.9. The summed E-state index contributed by atoms with van der Waals surface area (Å²) >= 11 is 5.82. The van der Waals surface area contributed by atoms with E-state index in [0.717, 1.165) is 18.5 Å². The summed E-state index contributed by atoms with van der Waals surface area (Å²) in [5, 5.41) is 6.91. The van der Waals surface area contributed by atoms with Crippen LogP contribution in [0.15, 0.2) is 30.6 Å². The van der Waals surface area contributed by atoms with Crippen LogP contribution in [0.1, 0.15) is 31.0 Å². The third-order valence-corrected chi connectivity index (χ3v) is 6.19.